The van der Waals surface area contributed by atoms with E-state index in [9.17, 15) is 18.0 Å². The van der Waals surface area contributed by atoms with E-state index in [1.54, 1.807) is 0 Å². The summed E-state index contributed by atoms with van der Waals surface area (Å²) in [6.07, 6.45) is 14.7. The fourth-order valence-electron chi connectivity index (χ4n) is 2.24. The Labute approximate surface area is 139 Å². The predicted octanol–water partition coefficient (Wildman–Crippen LogP) is 6.93. The molecule has 0 spiro atoms. The normalized spacial score (nSPS) is 12.5. The second kappa shape index (κ2) is 14.5. The molecule has 1 nitrogen and oxygen atoms in total. The number of rotatable bonds is 14. The Morgan fingerprint density at radius 1 is 0.783 bits per heavy atom. The third kappa shape index (κ3) is 15.6. The van der Waals surface area contributed by atoms with Gasteiger partial charge in [-0.2, -0.15) is 13.2 Å². The third-order valence-electron chi connectivity index (χ3n) is 3.67. The SMILES string of the molecule is CCCCC/C=C\C/C=C\CCCCCCCC(=O)C(F)(F)F. The minimum atomic E-state index is -4.66. The molecule has 0 radical (unpaired) electrons. The maximum atomic E-state index is 12.0. The molecule has 23 heavy (non-hydrogen) atoms. The second-order valence-corrected chi connectivity index (χ2v) is 5.90. The maximum Gasteiger partial charge on any atom is 0.449 e. The molecule has 134 valence electrons. The number of hydrogen-bond donors (Lipinski definition) is 0. The van der Waals surface area contributed by atoms with Gasteiger partial charge in [0.2, 0.25) is 5.78 Å². The minimum absolute atomic E-state index is 0.344. The Morgan fingerprint density at radius 3 is 1.87 bits per heavy atom. The highest BCUT2D eigenvalue weighted by atomic mass is 19.4. The molecular weight excluding hydrogens is 301 g/mol. The van der Waals surface area contributed by atoms with Crippen molar-refractivity contribution < 1.29 is 18.0 Å². The Morgan fingerprint density at radius 2 is 1.30 bits per heavy atom. The van der Waals surface area contributed by atoms with Gasteiger partial charge in [-0.1, -0.05) is 63.3 Å². The van der Waals surface area contributed by atoms with Crippen molar-refractivity contribution in [3.8, 4) is 0 Å². The van der Waals surface area contributed by atoms with E-state index >= 15 is 0 Å². The van der Waals surface area contributed by atoms with Crippen LogP contribution in [0.25, 0.3) is 0 Å². The van der Waals surface area contributed by atoms with Crippen molar-refractivity contribution in [1.29, 1.82) is 0 Å². The number of Topliss-reactive ketones (excluding diaryl/α,β-unsaturated/α-hetero) is 1. The molecule has 0 saturated heterocycles. The van der Waals surface area contributed by atoms with Crippen molar-refractivity contribution in [2.24, 2.45) is 0 Å². The summed E-state index contributed by atoms with van der Waals surface area (Å²) in [4.78, 5) is 10.7. The molecule has 0 amide bonds. The summed E-state index contributed by atoms with van der Waals surface area (Å²) in [5.41, 5.74) is 0. The Hall–Kier alpha value is -1.06. The van der Waals surface area contributed by atoms with Crippen LogP contribution in [0.1, 0.15) is 84.0 Å². The number of hydrogen-bond acceptors (Lipinski definition) is 1. The van der Waals surface area contributed by atoms with Gasteiger partial charge >= 0.3 is 6.18 Å². The quantitative estimate of drug-likeness (QED) is 0.249. The van der Waals surface area contributed by atoms with E-state index < -0.39 is 12.0 Å². The molecule has 0 unspecified atom stereocenters. The number of alkyl halides is 3. The minimum Gasteiger partial charge on any atom is -0.290 e. The van der Waals surface area contributed by atoms with Crippen molar-refractivity contribution in [3.05, 3.63) is 24.3 Å². The lowest BCUT2D eigenvalue weighted by Gasteiger charge is -2.04. The molecule has 0 aromatic rings. The van der Waals surface area contributed by atoms with Crippen LogP contribution < -0.4 is 0 Å². The van der Waals surface area contributed by atoms with E-state index in [0.29, 0.717) is 12.8 Å². The van der Waals surface area contributed by atoms with E-state index in [1.165, 1.54) is 25.7 Å². The van der Waals surface area contributed by atoms with E-state index in [-0.39, 0.29) is 6.42 Å². The van der Waals surface area contributed by atoms with Crippen LogP contribution in [0.15, 0.2) is 24.3 Å². The van der Waals surface area contributed by atoms with E-state index in [0.717, 1.165) is 32.1 Å². The van der Waals surface area contributed by atoms with Crippen LogP contribution in [0.5, 0.6) is 0 Å². The second-order valence-electron chi connectivity index (χ2n) is 5.90. The molecule has 0 fully saturated rings. The van der Waals surface area contributed by atoms with Crippen LogP contribution >= 0.6 is 0 Å². The summed E-state index contributed by atoms with van der Waals surface area (Å²) in [6, 6.07) is 0. The maximum absolute atomic E-state index is 12.0. The number of unbranched alkanes of at least 4 members (excludes halogenated alkanes) is 8. The number of allylic oxidation sites excluding steroid dienone is 4. The summed E-state index contributed by atoms with van der Waals surface area (Å²) in [7, 11) is 0. The molecule has 0 aromatic heterocycles. The van der Waals surface area contributed by atoms with Crippen molar-refractivity contribution in [3.63, 3.8) is 0 Å². The average Bonchev–Trinajstić information content (AvgIpc) is 2.50. The number of carbonyl (C=O) groups excluding carboxylic acids is 1. The standard InChI is InChI=1S/C19H31F3O/c1-2-3-4-5-6-7-8-9-10-11-12-13-14-15-16-17-18(23)19(20,21)22/h6-7,9-10H,2-5,8,11-17H2,1H3/b7-6-,10-9-. The van der Waals surface area contributed by atoms with Crippen LogP contribution in [0.2, 0.25) is 0 Å². The first kappa shape index (κ1) is 21.9. The zero-order chi connectivity index (χ0) is 17.4. The number of ketones is 1. The summed E-state index contributed by atoms with van der Waals surface area (Å²) in [5, 5.41) is 0. The van der Waals surface area contributed by atoms with Gasteiger partial charge in [0.1, 0.15) is 0 Å². The van der Waals surface area contributed by atoms with Crippen molar-refractivity contribution in [2.45, 2.75) is 90.1 Å². The zero-order valence-electron chi connectivity index (χ0n) is 14.3. The van der Waals surface area contributed by atoms with Gasteiger partial charge in [0.25, 0.3) is 0 Å². The van der Waals surface area contributed by atoms with Gasteiger partial charge in [0.15, 0.2) is 0 Å². The molecule has 0 N–H and O–H groups in total. The first-order chi connectivity index (χ1) is 11.0. The molecule has 0 aliphatic heterocycles. The predicted molar refractivity (Wildman–Crippen MR) is 90.4 cm³/mol. The van der Waals surface area contributed by atoms with E-state index in [4.69, 9.17) is 0 Å². The summed E-state index contributed by atoms with van der Waals surface area (Å²) >= 11 is 0. The molecule has 0 aromatic carbocycles. The molecule has 0 rings (SSSR count). The summed E-state index contributed by atoms with van der Waals surface area (Å²) < 4.78 is 35.9. The largest absolute Gasteiger partial charge is 0.449 e. The lowest BCUT2D eigenvalue weighted by Crippen LogP contribution is -2.22. The van der Waals surface area contributed by atoms with Crippen LogP contribution in [0, 0.1) is 0 Å². The van der Waals surface area contributed by atoms with Crippen LogP contribution in [-0.2, 0) is 4.79 Å². The number of carbonyl (C=O) groups is 1. The van der Waals surface area contributed by atoms with Crippen molar-refractivity contribution in [1.82, 2.24) is 0 Å². The lowest BCUT2D eigenvalue weighted by molar-refractivity contribution is -0.171. The van der Waals surface area contributed by atoms with Crippen LogP contribution in [0.4, 0.5) is 13.2 Å². The lowest BCUT2D eigenvalue weighted by atomic mass is 10.1. The highest BCUT2D eigenvalue weighted by Gasteiger charge is 2.36. The molecule has 0 saturated carbocycles. The van der Waals surface area contributed by atoms with Crippen molar-refractivity contribution in [2.75, 3.05) is 0 Å². The van der Waals surface area contributed by atoms with E-state index in [1.807, 2.05) is 0 Å². The smallest absolute Gasteiger partial charge is 0.290 e. The zero-order valence-corrected chi connectivity index (χ0v) is 14.3. The van der Waals surface area contributed by atoms with E-state index in [2.05, 4.69) is 31.2 Å². The molecule has 0 atom stereocenters. The topological polar surface area (TPSA) is 17.1 Å². The van der Waals surface area contributed by atoms with Crippen LogP contribution in [-0.4, -0.2) is 12.0 Å². The van der Waals surface area contributed by atoms with Gasteiger partial charge in [-0.25, -0.2) is 0 Å². The number of halogens is 3. The Balaban J connectivity index is 3.33. The first-order valence-corrected chi connectivity index (χ1v) is 8.88. The fourth-order valence-corrected chi connectivity index (χ4v) is 2.24. The van der Waals surface area contributed by atoms with Gasteiger partial charge < -0.3 is 0 Å². The Bertz CT molecular complexity index is 343. The van der Waals surface area contributed by atoms with Gasteiger partial charge in [0.05, 0.1) is 0 Å². The third-order valence-corrected chi connectivity index (χ3v) is 3.67. The first-order valence-electron chi connectivity index (χ1n) is 8.88. The van der Waals surface area contributed by atoms with Crippen LogP contribution in [0.3, 0.4) is 0 Å². The molecular formula is C19H31F3O. The molecule has 0 bridgehead atoms. The summed E-state index contributed by atoms with van der Waals surface area (Å²) in [5.74, 6) is -1.59. The fraction of sp³-hybridized carbons (Fsp3) is 0.737. The molecule has 0 heterocycles. The van der Waals surface area contributed by atoms with Crippen molar-refractivity contribution >= 4 is 5.78 Å². The van der Waals surface area contributed by atoms with Gasteiger partial charge in [-0.15, -0.1) is 0 Å². The molecule has 4 heteroatoms. The monoisotopic (exact) mass is 332 g/mol. The van der Waals surface area contributed by atoms with Gasteiger partial charge in [-0.05, 0) is 38.5 Å². The average molecular weight is 332 g/mol. The molecule has 0 aliphatic rings. The van der Waals surface area contributed by atoms with Gasteiger partial charge in [-0.3, -0.25) is 4.79 Å². The summed E-state index contributed by atoms with van der Waals surface area (Å²) in [6.45, 7) is 2.20. The van der Waals surface area contributed by atoms with Gasteiger partial charge in [0, 0.05) is 6.42 Å². The molecule has 0 aliphatic carbocycles. The highest BCUT2D eigenvalue weighted by molar-refractivity contribution is 5.83. The highest BCUT2D eigenvalue weighted by Crippen LogP contribution is 2.19. The Kier molecular flexibility index (Phi) is 13.9.